The van der Waals surface area contributed by atoms with Crippen LogP contribution in [0.25, 0.3) is 0 Å². The van der Waals surface area contributed by atoms with Crippen LogP contribution >= 0.6 is 0 Å². The maximum Gasteiger partial charge on any atom is 0.192 e. The minimum atomic E-state index is 0.272. The van der Waals surface area contributed by atoms with Gasteiger partial charge in [0.1, 0.15) is 0 Å². The van der Waals surface area contributed by atoms with E-state index in [1.807, 2.05) is 0 Å². The van der Waals surface area contributed by atoms with Gasteiger partial charge in [0.2, 0.25) is 0 Å². The van der Waals surface area contributed by atoms with Gasteiger partial charge in [0.15, 0.2) is 5.96 Å². The molecule has 0 amide bonds. The van der Waals surface area contributed by atoms with Gasteiger partial charge in [-0.15, -0.1) is 0 Å². The molecule has 2 rings (SSSR count). The second-order valence-electron chi connectivity index (χ2n) is 5.40. The summed E-state index contributed by atoms with van der Waals surface area (Å²) in [4.78, 5) is 6.98. The predicted octanol–water partition coefficient (Wildman–Crippen LogP) is 2.36. The van der Waals surface area contributed by atoms with Crippen molar-refractivity contribution in [2.75, 3.05) is 6.54 Å². The van der Waals surface area contributed by atoms with Gasteiger partial charge in [0.05, 0.1) is 12.1 Å². The summed E-state index contributed by atoms with van der Waals surface area (Å²) in [5.74, 6) is 1.57. The smallest absolute Gasteiger partial charge is 0.192 e. The van der Waals surface area contributed by atoms with Gasteiger partial charge in [-0.2, -0.15) is 0 Å². The van der Waals surface area contributed by atoms with Crippen LogP contribution in [0, 0.1) is 5.92 Å². The molecule has 0 aromatic rings. The van der Waals surface area contributed by atoms with Crippen LogP contribution in [0.5, 0.6) is 0 Å². The number of guanidine groups is 1. The van der Waals surface area contributed by atoms with Gasteiger partial charge in [0, 0.05) is 6.04 Å². The molecule has 0 aromatic carbocycles. The van der Waals surface area contributed by atoms with Gasteiger partial charge in [0.25, 0.3) is 0 Å². The van der Waals surface area contributed by atoms with Gasteiger partial charge in [-0.25, -0.2) is 0 Å². The predicted molar refractivity (Wildman–Crippen MR) is 68.4 cm³/mol. The van der Waals surface area contributed by atoms with Crippen molar-refractivity contribution in [1.29, 1.82) is 0 Å². The standard InChI is InChI=1S/C13H25N3/c1-4-10(3)16-12(14)15-9-13(16)8-6-7-11(13)5-2/h10-11H,4-9H2,1-3H3,(H2,14,15). The van der Waals surface area contributed by atoms with Crippen LogP contribution in [0.1, 0.15) is 52.9 Å². The van der Waals surface area contributed by atoms with E-state index in [0.717, 1.165) is 24.8 Å². The molecular formula is C13H25N3. The first-order valence-electron chi connectivity index (χ1n) is 6.75. The Balaban J connectivity index is 2.27. The number of nitrogens with two attached hydrogens (primary N) is 1. The SMILES string of the molecule is CCC(C)N1C(N)=NCC12CCCC2CC. The Morgan fingerprint density at radius 2 is 2.31 bits per heavy atom. The fourth-order valence-electron chi connectivity index (χ4n) is 3.68. The summed E-state index contributed by atoms with van der Waals surface area (Å²) in [5.41, 5.74) is 6.37. The maximum atomic E-state index is 6.10. The summed E-state index contributed by atoms with van der Waals surface area (Å²) < 4.78 is 0. The molecule has 3 heteroatoms. The Bertz CT molecular complexity index is 287. The third-order valence-electron chi connectivity index (χ3n) is 4.69. The number of aliphatic imine (C=N–C) groups is 1. The summed E-state index contributed by atoms with van der Waals surface area (Å²) in [6, 6.07) is 0.526. The van der Waals surface area contributed by atoms with E-state index in [4.69, 9.17) is 5.73 Å². The van der Waals surface area contributed by atoms with Crippen molar-refractivity contribution in [1.82, 2.24) is 4.90 Å². The van der Waals surface area contributed by atoms with Gasteiger partial charge >= 0.3 is 0 Å². The van der Waals surface area contributed by atoms with Crippen molar-refractivity contribution in [3.8, 4) is 0 Å². The molecule has 0 bridgehead atoms. The highest BCUT2D eigenvalue weighted by Crippen LogP contribution is 2.45. The molecule has 1 aliphatic carbocycles. The van der Waals surface area contributed by atoms with Crippen molar-refractivity contribution in [2.24, 2.45) is 16.6 Å². The molecule has 3 unspecified atom stereocenters. The number of hydrogen-bond acceptors (Lipinski definition) is 3. The summed E-state index contributed by atoms with van der Waals surface area (Å²) in [7, 11) is 0. The summed E-state index contributed by atoms with van der Waals surface area (Å²) >= 11 is 0. The van der Waals surface area contributed by atoms with Gasteiger partial charge in [-0.3, -0.25) is 4.99 Å². The Kier molecular flexibility index (Phi) is 3.13. The zero-order valence-electron chi connectivity index (χ0n) is 10.9. The van der Waals surface area contributed by atoms with Crippen LogP contribution in [0.4, 0.5) is 0 Å². The van der Waals surface area contributed by atoms with E-state index in [1.165, 1.54) is 25.7 Å². The van der Waals surface area contributed by atoms with Crippen LogP contribution in [0.2, 0.25) is 0 Å². The molecule has 16 heavy (non-hydrogen) atoms. The van der Waals surface area contributed by atoms with E-state index in [-0.39, 0.29) is 5.54 Å². The Hall–Kier alpha value is -0.730. The lowest BCUT2D eigenvalue weighted by Crippen LogP contribution is -2.57. The Labute approximate surface area is 99.1 Å². The van der Waals surface area contributed by atoms with Gasteiger partial charge in [-0.05, 0) is 32.1 Å². The normalized spacial score (nSPS) is 35.8. The Morgan fingerprint density at radius 3 is 2.94 bits per heavy atom. The quantitative estimate of drug-likeness (QED) is 0.798. The molecule has 3 nitrogen and oxygen atoms in total. The molecule has 1 aliphatic heterocycles. The van der Waals surface area contributed by atoms with E-state index in [9.17, 15) is 0 Å². The van der Waals surface area contributed by atoms with Crippen molar-refractivity contribution < 1.29 is 0 Å². The number of nitrogens with zero attached hydrogens (tertiary/aromatic N) is 2. The lowest BCUT2D eigenvalue weighted by molar-refractivity contribution is 0.107. The molecule has 92 valence electrons. The average molecular weight is 223 g/mol. The first-order valence-corrected chi connectivity index (χ1v) is 6.75. The Morgan fingerprint density at radius 1 is 1.56 bits per heavy atom. The molecule has 1 spiro atoms. The molecule has 3 atom stereocenters. The third kappa shape index (κ3) is 1.52. The van der Waals surface area contributed by atoms with Crippen LogP contribution in [-0.4, -0.2) is 29.0 Å². The molecule has 0 aromatic heterocycles. The summed E-state index contributed by atoms with van der Waals surface area (Å²) in [6.07, 6.45) is 6.38. The van der Waals surface area contributed by atoms with Gasteiger partial charge in [-0.1, -0.05) is 26.7 Å². The second-order valence-corrected chi connectivity index (χ2v) is 5.40. The molecule has 0 radical (unpaired) electrons. The van der Waals surface area contributed by atoms with Crippen LogP contribution in [-0.2, 0) is 0 Å². The monoisotopic (exact) mass is 223 g/mol. The first kappa shape index (κ1) is 11.7. The van der Waals surface area contributed by atoms with Crippen molar-refractivity contribution in [3.05, 3.63) is 0 Å². The molecule has 0 saturated heterocycles. The fraction of sp³-hybridized carbons (Fsp3) is 0.923. The van der Waals surface area contributed by atoms with Crippen LogP contribution < -0.4 is 5.73 Å². The lowest BCUT2D eigenvalue weighted by Gasteiger charge is -2.44. The maximum absolute atomic E-state index is 6.10. The van der Waals surface area contributed by atoms with Gasteiger partial charge < -0.3 is 10.6 Å². The number of hydrogen-bond donors (Lipinski definition) is 1. The first-order chi connectivity index (χ1) is 7.65. The van der Waals surface area contributed by atoms with Crippen LogP contribution in [0.15, 0.2) is 4.99 Å². The second kappa shape index (κ2) is 4.27. The van der Waals surface area contributed by atoms with Crippen molar-refractivity contribution in [3.63, 3.8) is 0 Å². The average Bonchev–Trinajstić information content (AvgIpc) is 2.84. The van der Waals surface area contributed by atoms with Crippen LogP contribution in [0.3, 0.4) is 0 Å². The van der Waals surface area contributed by atoms with Crippen molar-refractivity contribution >= 4 is 5.96 Å². The van der Waals surface area contributed by atoms with E-state index in [2.05, 4.69) is 30.7 Å². The lowest BCUT2D eigenvalue weighted by atomic mass is 9.83. The van der Waals surface area contributed by atoms with E-state index >= 15 is 0 Å². The molecule has 1 fully saturated rings. The molecule has 1 saturated carbocycles. The van der Waals surface area contributed by atoms with E-state index in [1.54, 1.807) is 0 Å². The fourth-order valence-corrected chi connectivity index (χ4v) is 3.68. The minimum Gasteiger partial charge on any atom is -0.370 e. The largest absolute Gasteiger partial charge is 0.370 e. The zero-order chi connectivity index (χ0) is 11.8. The highest BCUT2D eigenvalue weighted by molar-refractivity contribution is 5.81. The molecule has 1 heterocycles. The summed E-state index contributed by atoms with van der Waals surface area (Å²) in [5, 5.41) is 0. The molecular weight excluding hydrogens is 198 g/mol. The third-order valence-corrected chi connectivity index (χ3v) is 4.69. The minimum absolute atomic E-state index is 0.272. The summed E-state index contributed by atoms with van der Waals surface area (Å²) in [6.45, 7) is 7.75. The van der Waals surface area contributed by atoms with Crippen molar-refractivity contribution in [2.45, 2.75) is 64.5 Å². The highest BCUT2D eigenvalue weighted by atomic mass is 15.4. The zero-order valence-corrected chi connectivity index (χ0v) is 10.9. The molecule has 2 N–H and O–H groups in total. The van der Waals surface area contributed by atoms with E-state index in [0.29, 0.717) is 6.04 Å². The topological polar surface area (TPSA) is 41.6 Å². The highest BCUT2D eigenvalue weighted by Gasteiger charge is 2.51. The molecule has 2 aliphatic rings. The number of rotatable bonds is 3. The van der Waals surface area contributed by atoms with E-state index < -0.39 is 0 Å².